The van der Waals surface area contributed by atoms with Gasteiger partial charge in [0.1, 0.15) is 5.75 Å². The van der Waals surface area contributed by atoms with E-state index in [0.717, 1.165) is 24.8 Å². The molecule has 2 aliphatic rings. The molecule has 3 rings (SSSR count). The van der Waals surface area contributed by atoms with Gasteiger partial charge in [-0.2, -0.15) is 0 Å². The van der Waals surface area contributed by atoms with E-state index >= 15 is 0 Å². The normalized spacial score (nSPS) is 33.4. The molecule has 0 amide bonds. The Labute approximate surface area is 134 Å². The predicted octanol–water partition coefficient (Wildman–Crippen LogP) is 4.52. The quantitative estimate of drug-likeness (QED) is 0.801. The number of aromatic hydroxyl groups is 1. The average Bonchev–Trinajstić information content (AvgIpc) is 2.36. The molecular formula is C20H30O2. The van der Waals surface area contributed by atoms with E-state index in [4.69, 9.17) is 0 Å². The van der Waals surface area contributed by atoms with Gasteiger partial charge in [0.05, 0.1) is 6.10 Å². The molecular weight excluding hydrogens is 272 g/mol. The number of aryl methyl sites for hydroxylation is 1. The third kappa shape index (κ3) is 2.27. The number of benzene rings is 1. The van der Waals surface area contributed by atoms with Crippen LogP contribution in [0.25, 0.3) is 0 Å². The van der Waals surface area contributed by atoms with Crippen molar-refractivity contribution in [1.29, 1.82) is 0 Å². The van der Waals surface area contributed by atoms with E-state index in [1.807, 2.05) is 6.07 Å². The van der Waals surface area contributed by atoms with Gasteiger partial charge in [0.15, 0.2) is 0 Å². The first kappa shape index (κ1) is 15.9. The zero-order chi connectivity index (χ0) is 16.3. The molecule has 1 aromatic carbocycles. The number of fused-ring (bicyclic) bond motifs is 3. The van der Waals surface area contributed by atoms with Gasteiger partial charge in [-0.25, -0.2) is 0 Å². The van der Waals surface area contributed by atoms with Crippen LogP contribution in [0.15, 0.2) is 12.1 Å². The fourth-order valence-corrected chi connectivity index (χ4v) is 5.48. The van der Waals surface area contributed by atoms with Gasteiger partial charge >= 0.3 is 0 Å². The molecule has 1 saturated carbocycles. The van der Waals surface area contributed by atoms with Crippen LogP contribution in [-0.4, -0.2) is 16.3 Å². The molecule has 0 spiro atoms. The number of hydrogen-bond acceptors (Lipinski definition) is 2. The molecule has 0 aliphatic heterocycles. The van der Waals surface area contributed by atoms with E-state index in [1.54, 1.807) is 0 Å². The van der Waals surface area contributed by atoms with Crippen LogP contribution in [-0.2, 0) is 11.8 Å². The van der Waals surface area contributed by atoms with E-state index in [1.165, 1.54) is 17.5 Å². The van der Waals surface area contributed by atoms with Gasteiger partial charge in [-0.1, -0.05) is 40.7 Å². The molecule has 2 nitrogen and oxygen atoms in total. The Kier molecular flexibility index (Phi) is 3.60. The van der Waals surface area contributed by atoms with Gasteiger partial charge in [0, 0.05) is 0 Å². The van der Waals surface area contributed by atoms with Gasteiger partial charge in [-0.15, -0.1) is 0 Å². The number of rotatable bonds is 1. The van der Waals surface area contributed by atoms with Crippen molar-refractivity contribution in [3.63, 3.8) is 0 Å². The minimum atomic E-state index is -0.242. The Balaban J connectivity index is 2.13. The van der Waals surface area contributed by atoms with Crippen LogP contribution < -0.4 is 0 Å². The standard InChI is InChI=1S/C20H30O2/c1-12(2)15-8-13-6-7-18-19(3,4)10-14(21)11-20(18,5)16(13)9-17(15)22/h8-9,12,14,18,21-22H,6-7,10-11H2,1-5H3/t14-,18-,20-/m0/s1. The molecule has 2 N–H and O–H groups in total. The smallest absolute Gasteiger partial charge is 0.119 e. The monoisotopic (exact) mass is 302 g/mol. The average molecular weight is 302 g/mol. The van der Waals surface area contributed by atoms with Crippen LogP contribution in [0.5, 0.6) is 5.75 Å². The van der Waals surface area contributed by atoms with Crippen LogP contribution >= 0.6 is 0 Å². The summed E-state index contributed by atoms with van der Waals surface area (Å²) in [5.41, 5.74) is 3.83. The van der Waals surface area contributed by atoms with Crippen molar-refractivity contribution in [2.45, 2.75) is 77.7 Å². The Bertz CT molecular complexity index is 588. The summed E-state index contributed by atoms with van der Waals surface area (Å²) in [5, 5.41) is 20.9. The van der Waals surface area contributed by atoms with Crippen LogP contribution in [0.2, 0.25) is 0 Å². The lowest BCUT2D eigenvalue weighted by atomic mass is 9.49. The zero-order valence-electron chi connectivity index (χ0n) is 14.6. The summed E-state index contributed by atoms with van der Waals surface area (Å²) in [7, 11) is 0. The lowest BCUT2D eigenvalue weighted by Gasteiger charge is -2.55. The first-order valence-corrected chi connectivity index (χ1v) is 8.69. The molecule has 2 heteroatoms. The SMILES string of the molecule is CC(C)c1cc2c(cc1O)[C@]1(C)C[C@@H](O)CC(C)(C)[C@@H]1CC2. The summed E-state index contributed by atoms with van der Waals surface area (Å²) in [4.78, 5) is 0. The van der Waals surface area contributed by atoms with Crippen molar-refractivity contribution in [2.24, 2.45) is 11.3 Å². The number of aliphatic hydroxyl groups is 1. The molecule has 0 unspecified atom stereocenters. The summed E-state index contributed by atoms with van der Waals surface area (Å²) < 4.78 is 0. The van der Waals surface area contributed by atoms with Crippen molar-refractivity contribution >= 4 is 0 Å². The Morgan fingerprint density at radius 2 is 1.82 bits per heavy atom. The molecule has 0 radical (unpaired) electrons. The summed E-state index contributed by atoms with van der Waals surface area (Å²) in [6.07, 6.45) is 3.74. The highest BCUT2D eigenvalue weighted by molar-refractivity contribution is 5.48. The molecule has 3 atom stereocenters. The van der Waals surface area contributed by atoms with E-state index in [-0.39, 0.29) is 16.9 Å². The molecule has 122 valence electrons. The summed E-state index contributed by atoms with van der Waals surface area (Å²) in [6.45, 7) is 11.1. The van der Waals surface area contributed by atoms with Gasteiger partial charge < -0.3 is 10.2 Å². The summed E-state index contributed by atoms with van der Waals surface area (Å²) >= 11 is 0. The number of aliphatic hydroxyl groups excluding tert-OH is 1. The fourth-order valence-electron chi connectivity index (χ4n) is 5.48. The van der Waals surface area contributed by atoms with Crippen LogP contribution in [0.3, 0.4) is 0 Å². The summed E-state index contributed by atoms with van der Waals surface area (Å²) in [5.74, 6) is 1.33. The topological polar surface area (TPSA) is 40.5 Å². The molecule has 2 aliphatic carbocycles. The van der Waals surface area contributed by atoms with Crippen LogP contribution in [0.4, 0.5) is 0 Å². The van der Waals surface area contributed by atoms with Crippen molar-refractivity contribution in [2.75, 3.05) is 0 Å². The highest BCUT2D eigenvalue weighted by Gasteiger charge is 2.52. The second-order valence-electron chi connectivity index (χ2n) is 8.78. The van der Waals surface area contributed by atoms with Crippen LogP contribution in [0, 0.1) is 11.3 Å². The number of hydrogen-bond donors (Lipinski definition) is 2. The van der Waals surface area contributed by atoms with Crippen molar-refractivity contribution in [3.8, 4) is 5.75 Å². The maximum atomic E-state index is 10.5. The van der Waals surface area contributed by atoms with Crippen molar-refractivity contribution < 1.29 is 10.2 Å². The van der Waals surface area contributed by atoms with E-state index in [9.17, 15) is 10.2 Å². The Morgan fingerprint density at radius 1 is 1.14 bits per heavy atom. The molecule has 0 aromatic heterocycles. The van der Waals surface area contributed by atoms with E-state index < -0.39 is 0 Å². The molecule has 0 saturated heterocycles. The molecule has 22 heavy (non-hydrogen) atoms. The fraction of sp³-hybridized carbons (Fsp3) is 0.700. The molecule has 0 bridgehead atoms. The number of phenols is 1. The molecule has 1 fully saturated rings. The minimum absolute atomic E-state index is 0.0261. The largest absolute Gasteiger partial charge is 0.508 e. The second-order valence-corrected chi connectivity index (χ2v) is 8.78. The lowest BCUT2D eigenvalue weighted by Crippen LogP contribution is -2.52. The Morgan fingerprint density at radius 3 is 2.45 bits per heavy atom. The first-order chi connectivity index (χ1) is 10.1. The molecule has 1 aromatic rings. The third-order valence-electron chi connectivity index (χ3n) is 6.33. The lowest BCUT2D eigenvalue weighted by molar-refractivity contribution is -0.0384. The summed E-state index contributed by atoms with van der Waals surface area (Å²) in [6, 6.07) is 4.22. The van der Waals surface area contributed by atoms with E-state index in [0.29, 0.717) is 17.6 Å². The highest BCUT2D eigenvalue weighted by Crippen LogP contribution is 2.57. The van der Waals surface area contributed by atoms with Gasteiger partial charge in [-0.3, -0.25) is 0 Å². The van der Waals surface area contributed by atoms with Crippen molar-refractivity contribution in [1.82, 2.24) is 0 Å². The van der Waals surface area contributed by atoms with E-state index in [2.05, 4.69) is 40.7 Å². The maximum absolute atomic E-state index is 10.5. The van der Waals surface area contributed by atoms with Gasteiger partial charge in [-0.05, 0) is 71.1 Å². The number of phenolic OH excluding ortho intramolecular Hbond substituents is 1. The van der Waals surface area contributed by atoms with Gasteiger partial charge in [0.2, 0.25) is 0 Å². The Hall–Kier alpha value is -1.02. The maximum Gasteiger partial charge on any atom is 0.119 e. The highest BCUT2D eigenvalue weighted by atomic mass is 16.3. The third-order valence-corrected chi connectivity index (χ3v) is 6.33. The van der Waals surface area contributed by atoms with Gasteiger partial charge in [0.25, 0.3) is 0 Å². The predicted molar refractivity (Wildman–Crippen MR) is 90.4 cm³/mol. The second kappa shape index (κ2) is 4.99. The zero-order valence-corrected chi connectivity index (χ0v) is 14.6. The molecule has 0 heterocycles. The van der Waals surface area contributed by atoms with Crippen LogP contribution in [0.1, 0.15) is 76.5 Å². The first-order valence-electron chi connectivity index (χ1n) is 8.69. The van der Waals surface area contributed by atoms with Crippen molar-refractivity contribution in [3.05, 3.63) is 28.8 Å². The minimum Gasteiger partial charge on any atom is -0.508 e.